The van der Waals surface area contributed by atoms with Crippen LogP contribution in [0.3, 0.4) is 0 Å². The molecule has 0 saturated heterocycles. The molecular weight excluding hydrogens is 314 g/mol. The van der Waals surface area contributed by atoms with Gasteiger partial charge in [0.2, 0.25) is 12.9 Å². The third kappa shape index (κ3) is 2.30. The van der Waals surface area contributed by atoms with Crippen LogP contribution in [0.4, 0.5) is 5.69 Å². The van der Waals surface area contributed by atoms with Crippen LogP contribution in [0, 0.1) is 0 Å². The zero-order chi connectivity index (χ0) is 16.7. The Labute approximate surface area is 137 Å². The average Bonchev–Trinajstić information content (AvgIpc) is 3.07. The predicted molar refractivity (Wildman–Crippen MR) is 82.7 cm³/mol. The van der Waals surface area contributed by atoms with Gasteiger partial charge in [0.15, 0.2) is 11.5 Å². The maximum atomic E-state index is 12.9. The summed E-state index contributed by atoms with van der Waals surface area (Å²) < 4.78 is 16.0. The Morgan fingerprint density at radius 1 is 1.04 bits per heavy atom. The molecule has 1 atom stereocenters. The van der Waals surface area contributed by atoms with Crippen LogP contribution in [0.25, 0.3) is 0 Å². The fourth-order valence-electron chi connectivity index (χ4n) is 2.74. The average molecular weight is 327 g/mol. The fraction of sp³-hybridized carbons (Fsp3) is 0.176. The van der Waals surface area contributed by atoms with Crippen molar-refractivity contribution in [1.82, 2.24) is 0 Å². The minimum atomic E-state index is -1.12. The van der Waals surface area contributed by atoms with E-state index in [9.17, 15) is 14.7 Å². The van der Waals surface area contributed by atoms with Crippen LogP contribution in [-0.2, 0) is 4.79 Å². The number of benzene rings is 2. The van der Waals surface area contributed by atoms with E-state index in [-0.39, 0.29) is 19.2 Å². The molecule has 2 aromatic rings. The summed E-state index contributed by atoms with van der Waals surface area (Å²) in [6, 6.07) is 11.7. The molecule has 0 aromatic heterocycles. The zero-order valence-corrected chi connectivity index (χ0v) is 12.5. The number of para-hydroxylation sites is 2. The largest absolute Gasteiger partial charge is 0.478 e. The van der Waals surface area contributed by atoms with Crippen molar-refractivity contribution in [2.45, 2.75) is 6.10 Å². The Bertz CT molecular complexity index is 834. The third-order valence-corrected chi connectivity index (χ3v) is 3.91. The molecule has 0 fully saturated rings. The smallest absolute Gasteiger partial charge is 0.346 e. The number of carboxylic acids is 1. The topological polar surface area (TPSA) is 85.3 Å². The summed E-state index contributed by atoms with van der Waals surface area (Å²) in [5, 5.41) is 9.26. The summed E-state index contributed by atoms with van der Waals surface area (Å²) in [6.07, 6.45) is -1.11. The second-order valence-electron chi connectivity index (χ2n) is 5.40. The maximum absolute atomic E-state index is 12.9. The molecule has 1 amide bonds. The van der Waals surface area contributed by atoms with Gasteiger partial charge in [-0.15, -0.1) is 0 Å². The number of aliphatic carboxylic acids is 1. The van der Waals surface area contributed by atoms with Crippen LogP contribution < -0.4 is 19.1 Å². The summed E-state index contributed by atoms with van der Waals surface area (Å²) in [6.45, 7) is 0.0497. The van der Waals surface area contributed by atoms with E-state index in [2.05, 4.69) is 0 Å². The number of carboxylic acid groups (broad SMARTS) is 1. The molecule has 2 aliphatic rings. The van der Waals surface area contributed by atoms with E-state index in [1.807, 2.05) is 0 Å². The van der Waals surface area contributed by atoms with Crippen molar-refractivity contribution >= 4 is 17.6 Å². The lowest BCUT2D eigenvalue weighted by Crippen LogP contribution is -2.47. The second-order valence-corrected chi connectivity index (χ2v) is 5.40. The van der Waals surface area contributed by atoms with Crippen LogP contribution in [0.15, 0.2) is 42.5 Å². The maximum Gasteiger partial charge on any atom is 0.346 e. The second kappa shape index (κ2) is 5.45. The summed E-state index contributed by atoms with van der Waals surface area (Å²) in [5.41, 5.74) is 0.928. The van der Waals surface area contributed by atoms with E-state index in [0.29, 0.717) is 28.5 Å². The number of carbonyl (C=O) groups is 2. The Kier molecular flexibility index (Phi) is 3.26. The van der Waals surface area contributed by atoms with Crippen molar-refractivity contribution in [2.75, 3.05) is 18.2 Å². The predicted octanol–water partition coefficient (Wildman–Crippen LogP) is 1.91. The first kappa shape index (κ1) is 14.4. The molecule has 7 nitrogen and oxygen atoms in total. The SMILES string of the molecule is O=C(O)C1CN(C(=O)c2ccc3c(c2)OCO3)c2ccccc2O1. The molecule has 24 heavy (non-hydrogen) atoms. The zero-order valence-electron chi connectivity index (χ0n) is 12.5. The number of fused-ring (bicyclic) bond motifs is 2. The van der Waals surface area contributed by atoms with Crippen molar-refractivity contribution in [1.29, 1.82) is 0 Å². The molecule has 122 valence electrons. The number of carbonyl (C=O) groups excluding carboxylic acids is 1. The number of rotatable bonds is 2. The van der Waals surface area contributed by atoms with Crippen LogP contribution in [-0.4, -0.2) is 36.4 Å². The van der Waals surface area contributed by atoms with Gasteiger partial charge in [0.25, 0.3) is 5.91 Å². The van der Waals surface area contributed by atoms with Crippen LogP contribution in [0.2, 0.25) is 0 Å². The van der Waals surface area contributed by atoms with Gasteiger partial charge in [-0.1, -0.05) is 12.1 Å². The van der Waals surface area contributed by atoms with Crippen molar-refractivity contribution in [3.63, 3.8) is 0 Å². The third-order valence-electron chi connectivity index (χ3n) is 3.91. The molecule has 7 heteroatoms. The molecule has 0 radical (unpaired) electrons. The van der Waals surface area contributed by atoms with Gasteiger partial charge in [0.05, 0.1) is 12.2 Å². The Hall–Kier alpha value is -3.22. The Morgan fingerprint density at radius 2 is 1.83 bits per heavy atom. The molecule has 2 aliphatic heterocycles. The highest BCUT2D eigenvalue weighted by Gasteiger charge is 2.34. The number of amides is 1. The first-order chi connectivity index (χ1) is 11.6. The van der Waals surface area contributed by atoms with Gasteiger partial charge in [0.1, 0.15) is 5.75 Å². The lowest BCUT2D eigenvalue weighted by Gasteiger charge is -2.33. The molecular formula is C17H13NO6. The molecule has 2 heterocycles. The highest BCUT2D eigenvalue weighted by Crippen LogP contribution is 2.36. The normalized spacial score (nSPS) is 17.8. The van der Waals surface area contributed by atoms with Crippen molar-refractivity contribution in [3.05, 3.63) is 48.0 Å². The van der Waals surface area contributed by atoms with Crippen molar-refractivity contribution in [3.8, 4) is 17.2 Å². The van der Waals surface area contributed by atoms with Gasteiger partial charge in [-0.2, -0.15) is 0 Å². The van der Waals surface area contributed by atoms with Crippen LogP contribution in [0.1, 0.15) is 10.4 Å². The minimum absolute atomic E-state index is 0.0698. The van der Waals surface area contributed by atoms with Crippen LogP contribution in [0.5, 0.6) is 17.2 Å². The van der Waals surface area contributed by atoms with Gasteiger partial charge in [-0.25, -0.2) is 4.79 Å². The summed E-state index contributed by atoms with van der Waals surface area (Å²) in [4.78, 5) is 25.6. The number of ether oxygens (including phenoxy) is 3. The standard InChI is InChI=1S/C17H13NO6/c19-16(10-5-6-13-14(7-10)23-9-22-13)18-8-15(17(20)21)24-12-4-2-1-3-11(12)18/h1-7,15H,8-9H2,(H,20,21). The molecule has 0 aliphatic carbocycles. The van der Waals surface area contributed by atoms with E-state index in [0.717, 1.165) is 0 Å². The Balaban J connectivity index is 1.71. The lowest BCUT2D eigenvalue weighted by atomic mass is 10.1. The number of nitrogens with zero attached hydrogens (tertiary/aromatic N) is 1. The summed E-state index contributed by atoms with van der Waals surface area (Å²) in [7, 11) is 0. The van der Waals surface area contributed by atoms with E-state index < -0.39 is 12.1 Å². The Morgan fingerprint density at radius 3 is 2.67 bits per heavy atom. The minimum Gasteiger partial charge on any atom is -0.478 e. The molecule has 1 N–H and O–H groups in total. The van der Waals surface area contributed by atoms with Gasteiger partial charge in [0, 0.05) is 5.56 Å². The van der Waals surface area contributed by atoms with Gasteiger partial charge < -0.3 is 24.2 Å². The first-order valence-corrected chi connectivity index (χ1v) is 7.33. The quantitative estimate of drug-likeness (QED) is 0.907. The number of anilines is 1. The highest BCUT2D eigenvalue weighted by atomic mass is 16.7. The van der Waals surface area contributed by atoms with Crippen molar-refractivity contribution in [2.24, 2.45) is 0 Å². The molecule has 0 saturated carbocycles. The summed E-state index contributed by atoms with van der Waals surface area (Å²) >= 11 is 0. The fourth-order valence-corrected chi connectivity index (χ4v) is 2.74. The monoisotopic (exact) mass is 327 g/mol. The van der Waals surface area contributed by atoms with Crippen molar-refractivity contribution < 1.29 is 28.9 Å². The molecule has 4 rings (SSSR count). The summed E-state index contributed by atoms with van der Waals surface area (Å²) in [5.74, 6) is 0.00283. The van der Waals surface area contributed by atoms with E-state index in [1.54, 1.807) is 42.5 Å². The van der Waals surface area contributed by atoms with Crippen LogP contribution >= 0.6 is 0 Å². The highest BCUT2D eigenvalue weighted by molar-refractivity contribution is 6.08. The van der Waals surface area contributed by atoms with E-state index >= 15 is 0 Å². The number of hydrogen-bond acceptors (Lipinski definition) is 5. The molecule has 0 bridgehead atoms. The van der Waals surface area contributed by atoms with Gasteiger partial charge in [-0.3, -0.25) is 4.79 Å². The molecule has 2 aromatic carbocycles. The first-order valence-electron chi connectivity index (χ1n) is 7.33. The molecule has 0 spiro atoms. The number of hydrogen-bond donors (Lipinski definition) is 1. The van der Waals surface area contributed by atoms with E-state index in [4.69, 9.17) is 14.2 Å². The van der Waals surface area contributed by atoms with E-state index in [1.165, 1.54) is 4.90 Å². The lowest BCUT2D eigenvalue weighted by molar-refractivity contribution is -0.144. The molecule has 1 unspecified atom stereocenters. The van der Waals surface area contributed by atoms with Gasteiger partial charge >= 0.3 is 5.97 Å². The van der Waals surface area contributed by atoms with Gasteiger partial charge in [-0.05, 0) is 30.3 Å².